The Labute approximate surface area is 144 Å². The van der Waals surface area contributed by atoms with Crippen molar-refractivity contribution in [3.63, 3.8) is 0 Å². The van der Waals surface area contributed by atoms with Crippen molar-refractivity contribution in [2.24, 2.45) is 0 Å². The van der Waals surface area contributed by atoms with Gasteiger partial charge in [0, 0.05) is 5.56 Å². The van der Waals surface area contributed by atoms with E-state index >= 15 is 0 Å². The molecule has 0 aliphatic rings. The van der Waals surface area contributed by atoms with E-state index in [9.17, 15) is 17.6 Å². The first-order chi connectivity index (χ1) is 12.6. The van der Waals surface area contributed by atoms with Crippen molar-refractivity contribution in [3.8, 4) is 11.4 Å². The summed E-state index contributed by atoms with van der Waals surface area (Å²) >= 11 is 0. The number of rotatable bonds is 3. The molecule has 0 bridgehead atoms. The van der Waals surface area contributed by atoms with Crippen LogP contribution in [0.15, 0.2) is 48.9 Å². The van der Waals surface area contributed by atoms with E-state index in [-0.39, 0.29) is 23.6 Å². The fourth-order valence-electron chi connectivity index (χ4n) is 2.77. The molecule has 130 valence electrons. The van der Waals surface area contributed by atoms with E-state index < -0.39 is 28.8 Å². The quantitative estimate of drug-likeness (QED) is 0.518. The smallest absolute Gasteiger partial charge is 0.181 e. The summed E-state index contributed by atoms with van der Waals surface area (Å²) in [5.41, 5.74) is -0.196. The Kier molecular flexibility index (Phi) is 3.87. The minimum absolute atomic E-state index is 0.126. The highest BCUT2D eigenvalue weighted by Crippen LogP contribution is 2.29. The third-order valence-electron chi connectivity index (χ3n) is 4.00. The topological polar surface area (TPSA) is 43.6 Å². The molecule has 4 nitrogen and oxygen atoms in total. The highest BCUT2D eigenvalue weighted by Gasteiger charge is 2.22. The SMILES string of the molecule is Fc1cccc(F)c1Cn1c(-c2c(F)cccc2F)nc2ncncc21. The van der Waals surface area contributed by atoms with Crippen LogP contribution >= 0.6 is 0 Å². The summed E-state index contributed by atoms with van der Waals surface area (Å²) in [5, 5.41) is 0. The Bertz CT molecular complexity index is 1080. The molecule has 0 unspecified atom stereocenters. The fourth-order valence-corrected chi connectivity index (χ4v) is 2.77. The molecule has 2 heterocycles. The van der Waals surface area contributed by atoms with Gasteiger partial charge in [0.2, 0.25) is 0 Å². The van der Waals surface area contributed by atoms with Gasteiger partial charge in [-0.25, -0.2) is 32.5 Å². The zero-order valence-corrected chi connectivity index (χ0v) is 13.1. The highest BCUT2D eigenvalue weighted by molar-refractivity contribution is 5.77. The third-order valence-corrected chi connectivity index (χ3v) is 4.00. The molecule has 0 saturated carbocycles. The molecule has 0 aliphatic carbocycles. The number of aromatic nitrogens is 4. The van der Waals surface area contributed by atoms with Crippen molar-refractivity contribution in [3.05, 3.63) is 77.8 Å². The van der Waals surface area contributed by atoms with Gasteiger partial charge in [0.1, 0.15) is 40.9 Å². The van der Waals surface area contributed by atoms with Crippen LogP contribution in [-0.2, 0) is 6.54 Å². The molecule has 0 N–H and O–H groups in total. The summed E-state index contributed by atoms with van der Waals surface area (Å²) in [6.45, 7) is -0.328. The van der Waals surface area contributed by atoms with E-state index in [4.69, 9.17) is 0 Å². The number of benzene rings is 2. The minimum Gasteiger partial charge on any atom is -0.316 e. The minimum atomic E-state index is -0.844. The molecule has 0 aliphatic heterocycles. The highest BCUT2D eigenvalue weighted by atomic mass is 19.1. The molecule has 8 heteroatoms. The monoisotopic (exact) mass is 358 g/mol. The number of hydrogen-bond donors (Lipinski definition) is 0. The van der Waals surface area contributed by atoms with Gasteiger partial charge in [-0.2, -0.15) is 0 Å². The maximum atomic E-state index is 14.3. The first kappa shape index (κ1) is 16.2. The summed E-state index contributed by atoms with van der Waals surface area (Å²) in [7, 11) is 0. The molecule has 4 rings (SSSR count). The normalized spacial score (nSPS) is 11.2. The second-order valence-electron chi connectivity index (χ2n) is 5.55. The largest absolute Gasteiger partial charge is 0.316 e. The van der Waals surface area contributed by atoms with Gasteiger partial charge in [0.15, 0.2) is 5.65 Å². The average Bonchev–Trinajstić information content (AvgIpc) is 2.96. The lowest BCUT2D eigenvalue weighted by atomic mass is 10.1. The van der Waals surface area contributed by atoms with Gasteiger partial charge >= 0.3 is 0 Å². The lowest BCUT2D eigenvalue weighted by Crippen LogP contribution is -2.08. The molecule has 2 aromatic heterocycles. The van der Waals surface area contributed by atoms with Crippen LogP contribution in [0.1, 0.15) is 5.56 Å². The molecular weight excluding hydrogens is 348 g/mol. The van der Waals surface area contributed by atoms with E-state index in [0.717, 1.165) is 24.3 Å². The summed E-state index contributed by atoms with van der Waals surface area (Å²) in [6.07, 6.45) is 2.60. The van der Waals surface area contributed by atoms with Gasteiger partial charge in [-0.05, 0) is 24.3 Å². The van der Waals surface area contributed by atoms with Gasteiger partial charge in [0.25, 0.3) is 0 Å². The van der Waals surface area contributed by atoms with Gasteiger partial charge in [0.05, 0.1) is 18.3 Å². The molecule has 26 heavy (non-hydrogen) atoms. The zero-order valence-electron chi connectivity index (χ0n) is 13.1. The average molecular weight is 358 g/mol. The second-order valence-corrected chi connectivity index (χ2v) is 5.55. The Balaban J connectivity index is 1.99. The first-order valence-corrected chi connectivity index (χ1v) is 7.60. The Morgan fingerprint density at radius 2 is 1.46 bits per heavy atom. The Morgan fingerprint density at radius 1 is 0.846 bits per heavy atom. The molecule has 0 saturated heterocycles. The van der Waals surface area contributed by atoms with Crippen LogP contribution < -0.4 is 0 Å². The molecular formula is C18H10F4N4. The third kappa shape index (κ3) is 2.59. The molecule has 0 spiro atoms. The van der Waals surface area contributed by atoms with E-state index in [1.165, 1.54) is 29.2 Å². The predicted octanol–water partition coefficient (Wildman–Crippen LogP) is 4.10. The van der Waals surface area contributed by atoms with Crippen molar-refractivity contribution >= 4 is 11.2 Å². The van der Waals surface area contributed by atoms with Crippen molar-refractivity contribution < 1.29 is 17.6 Å². The van der Waals surface area contributed by atoms with E-state index in [1.807, 2.05) is 0 Å². The predicted molar refractivity (Wildman–Crippen MR) is 86.1 cm³/mol. The van der Waals surface area contributed by atoms with Crippen LogP contribution in [0.2, 0.25) is 0 Å². The van der Waals surface area contributed by atoms with Crippen LogP contribution in [0.4, 0.5) is 17.6 Å². The number of halogens is 4. The lowest BCUT2D eigenvalue weighted by molar-refractivity contribution is 0.546. The van der Waals surface area contributed by atoms with Crippen molar-refractivity contribution in [2.75, 3.05) is 0 Å². The standard InChI is InChI=1S/C18H10F4N4/c19-11-3-1-4-12(20)10(11)8-26-15-7-23-9-24-17(15)25-18(26)16-13(21)5-2-6-14(16)22/h1-7,9H,8H2. The van der Waals surface area contributed by atoms with Gasteiger partial charge in [-0.15, -0.1) is 0 Å². The van der Waals surface area contributed by atoms with Gasteiger partial charge in [-0.3, -0.25) is 0 Å². The number of imidazole rings is 1. The van der Waals surface area contributed by atoms with Crippen LogP contribution in [-0.4, -0.2) is 19.5 Å². The molecule has 0 amide bonds. The fraction of sp³-hybridized carbons (Fsp3) is 0.0556. The second kappa shape index (κ2) is 6.21. The summed E-state index contributed by atoms with van der Waals surface area (Å²) in [6, 6.07) is 6.84. The maximum Gasteiger partial charge on any atom is 0.181 e. The summed E-state index contributed by atoms with van der Waals surface area (Å²) in [4.78, 5) is 12.0. The van der Waals surface area contributed by atoms with E-state index in [1.54, 1.807) is 0 Å². The van der Waals surface area contributed by atoms with Crippen LogP contribution in [0.5, 0.6) is 0 Å². The maximum absolute atomic E-state index is 14.3. The van der Waals surface area contributed by atoms with Gasteiger partial charge in [-0.1, -0.05) is 12.1 Å². The lowest BCUT2D eigenvalue weighted by Gasteiger charge is -2.11. The van der Waals surface area contributed by atoms with Crippen LogP contribution in [0.3, 0.4) is 0 Å². The summed E-state index contributed by atoms with van der Waals surface area (Å²) < 4.78 is 58.0. The number of fused-ring (bicyclic) bond motifs is 1. The van der Waals surface area contributed by atoms with Crippen LogP contribution in [0.25, 0.3) is 22.6 Å². The van der Waals surface area contributed by atoms with Crippen LogP contribution in [0, 0.1) is 23.3 Å². The Hall–Kier alpha value is -3.29. The molecule has 0 atom stereocenters. The number of hydrogen-bond acceptors (Lipinski definition) is 3. The van der Waals surface area contributed by atoms with Crippen molar-refractivity contribution in [1.82, 2.24) is 19.5 Å². The van der Waals surface area contributed by atoms with Crippen molar-refractivity contribution in [2.45, 2.75) is 6.54 Å². The summed E-state index contributed by atoms with van der Waals surface area (Å²) in [5.74, 6) is -3.36. The molecule has 2 aromatic carbocycles. The van der Waals surface area contributed by atoms with E-state index in [2.05, 4.69) is 15.0 Å². The van der Waals surface area contributed by atoms with E-state index in [0.29, 0.717) is 5.52 Å². The first-order valence-electron chi connectivity index (χ1n) is 7.60. The molecule has 0 fully saturated rings. The molecule has 0 radical (unpaired) electrons. The Morgan fingerprint density at radius 3 is 2.12 bits per heavy atom. The molecule has 4 aromatic rings. The number of nitrogens with zero attached hydrogens (tertiary/aromatic N) is 4. The van der Waals surface area contributed by atoms with Crippen molar-refractivity contribution in [1.29, 1.82) is 0 Å². The zero-order chi connectivity index (χ0) is 18.3. The van der Waals surface area contributed by atoms with Gasteiger partial charge < -0.3 is 4.57 Å².